The number of pyridine rings is 1. The number of amides is 2. The van der Waals surface area contributed by atoms with Gasteiger partial charge in [0.25, 0.3) is 0 Å². The zero-order valence-electron chi connectivity index (χ0n) is 17.9. The standard InChI is InChI=1S/C23H17ClF5N3O3/c1-35-20(33)11-22(19-6-5-15(24)12-30-19,13-7-14(23(27,28)29)9-17(26)8-13)32-21(34)31-18-4-2-3-16(25)10-18/h2-10,12H,11H2,1H3,(H2,31,32,34). The molecule has 6 nitrogen and oxygen atoms in total. The van der Waals surface area contributed by atoms with Gasteiger partial charge in [-0.2, -0.15) is 13.2 Å². The topological polar surface area (TPSA) is 80.3 Å². The Kier molecular flexibility index (Phi) is 7.59. The third-order valence-corrected chi connectivity index (χ3v) is 5.15. The maximum absolute atomic E-state index is 14.4. The van der Waals surface area contributed by atoms with Gasteiger partial charge in [0.15, 0.2) is 0 Å². The minimum absolute atomic E-state index is 0.00811. The molecule has 0 aliphatic heterocycles. The lowest BCUT2D eigenvalue weighted by atomic mass is 9.82. The maximum atomic E-state index is 14.4. The molecule has 0 bridgehead atoms. The molecular weight excluding hydrogens is 497 g/mol. The number of hydrogen-bond donors (Lipinski definition) is 2. The van der Waals surface area contributed by atoms with Gasteiger partial charge in [-0.15, -0.1) is 0 Å². The van der Waals surface area contributed by atoms with Crippen LogP contribution >= 0.6 is 11.6 Å². The number of nitrogens with one attached hydrogen (secondary N) is 2. The van der Waals surface area contributed by atoms with Crippen LogP contribution in [0.5, 0.6) is 0 Å². The molecule has 2 amide bonds. The Morgan fingerprint density at radius 3 is 2.31 bits per heavy atom. The first-order valence-electron chi connectivity index (χ1n) is 9.85. The zero-order valence-corrected chi connectivity index (χ0v) is 18.7. The predicted octanol–water partition coefficient (Wildman–Crippen LogP) is 5.66. The average Bonchev–Trinajstić information content (AvgIpc) is 2.78. The summed E-state index contributed by atoms with van der Waals surface area (Å²) < 4.78 is 73.1. The smallest absolute Gasteiger partial charge is 0.416 e. The lowest BCUT2D eigenvalue weighted by Gasteiger charge is -2.34. The molecule has 0 saturated heterocycles. The van der Waals surface area contributed by atoms with E-state index in [4.69, 9.17) is 11.6 Å². The van der Waals surface area contributed by atoms with Gasteiger partial charge in [0.1, 0.15) is 17.2 Å². The fraction of sp³-hybridized carbons (Fsp3) is 0.174. The Labute approximate surface area is 201 Å². The van der Waals surface area contributed by atoms with E-state index >= 15 is 0 Å². The summed E-state index contributed by atoms with van der Waals surface area (Å²) in [6, 6.07) is 7.92. The van der Waals surface area contributed by atoms with Crippen molar-refractivity contribution in [1.29, 1.82) is 0 Å². The largest absolute Gasteiger partial charge is 0.469 e. The fourth-order valence-corrected chi connectivity index (χ4v) is 3.47. The molecule has 3 aromatic rings. The summed E-state index contributed by atoms with van der Waals surface area (Å²) in [5.74, 6) is -2.89. The molecule has 0 aliphatic rings. The average molecular weight is 514 g/mol. The van der Waals surface area contributed by atoms with Crippen molar-refractivity contribution >= 4 is 29.3 Å². The highest BCUT2D eigenvalue weighted by Gasteiger charge is 2.42. The minimum atomic E-state index is -4.94. The molecule has 35 heavy (non-hydrogen) atoms. The van der Waals surface area contributed by atoms with Crippen LogP contribution in [0.2, 0.25) is 5.02 Å². The Balaban J connectivity index is 2.20. The number of anilines is 1. The van der Waals surface area contributed by atoms with Crippen molar-refractivity contribution in [2.75, 3.05) is 12.4 Å². The second-order valence-corrected chi connectivity index (χ2v) is 7.77. The molecule has 0 fully saturated rings. The molecule has 1 unspecified atom stereocenters. The van der Waals surface area contributed by atoms with Gasteiger partial charge >= 0.3 is 18.2 Å². The highest BCUT2D eigenvalue weighted by molar-refractivity contribution is 6.30. The number of urea groups is 1. The molecule has 0 radical (unpaired) electrons. The fourth-order valence-electron chi connectivity index (χ4n) is 3.36. The molecule has 12 heteroatoms. The van der Waals surface area contributed by atoms with Crippen LogP contribution in [-0.2, 0) is 21.2 Å². The summed E-state index contributed by atoms with van der Waals surface area (Å²) in [5.41, 5.74) is -4.08. The highest BCUT2D eigenvalue weighted by atomic mass is 35.5. The van der Waals surface area contributed by atoms with E-state index in [0.29, 0.717) is 6.07 Å². The number of carbonyl (C=O) groups is 2. The van der Waals surface area contributed by atoms with Gasteiger partial charge in [0.05, 0.1) is 29.8 Å². The van der Waals surface area contributed by atoms with Crippen LogP contribution in [0.4, 0.5) is 32.4 Å². The van der Waals surface area contributed by atoms with Crippen LogP contribution in [0.15, 0.2) is 60.8 Å². The molecule has 2 N–H and O–H groups in total. The van der Waals surface area contributed by atoms with E-state index in [9.17, 15) is 31.5 Å². The van der Waals surface area contributed by atoms with Gasteiger partial charge < -0.3 is 15.4 Å². The summed E-state index contributed by atoms with van der Waals surface area (Å²) in [4.78, 5) is 29.4. The lowest BCUT2D eigenvalue weighted by Crippen LogP contribution is -2.50. The summed E-state index contributed by atoms with van der Waals surface area (Å²) in [6.45, 7) is 0. The molecule has 0 aliphatic carbocycles. The van der Waals surface area contributed by atoms with E-state index in [0.717, 1.165) is 31.5 Å². The molecule has 0 spiro atoms. The SMILES string of the molecule is COC(=O)CC(NC(=O)Nc1cccc(F)c1)(c1cc(F)cc(C(F)(F)F)c1)c1ccc(Cl)cn1. The summed E-state index contributed by atoms with van der Waals surface area (Å²) >= 11 is 5.88. The highest BCUT2D eigenvalue weighted by Crippen LogP contribution is 2.38. The zero-order chi connectivity index (χ0) is 25.8. The Morgan fingerprint density at radius 2 is 1.71 bits per heavy atom. The number of methoxy groups -OCH3 is 1. The minimum Gasteiger partial charge on any atom is -0.469 e. The second-order valence-electron chi connectivity index (χ2n) is 7.34. The maximum Gasteiger partial charge on any atom is 0.416 e. The number of aromatic nitrogens is 1. The number of hydrogen-bond acceptors (Lipinski definition) is 4. The van der Waals surface area contributed by atoms with Gasteiger partial charge in [-0.25, -0.2) is 13.6 Å². The molecule has 3 rings (SSSR count). The molecule has 1 aromatic heterocycles. The molecular formula is C23H17ClF5N3O3. The first kappa shape index (κ1) is 25.9. The van der Waals surface area contributed by atoms with Gasteiger partial charge in [-0.3, -0.25) is 9.78 Å². The van der Waals surface area contributed by atoms with Gasteiger partial charge in [0, 0.05) is 11.9 Å². The van der Waals surface area contributed by atoms with Crippen molar-refractivity contribution in [3.63, 3.8) is 0 Å². The number of halogens is 6. The predicted molar refractivity (Wildman–Crippen MR) is 117 cm³/mol. The number of ether oxygens (including phenoxy) is 1. The Hall–Kier alpha value is -3.73. The van der Waals surface area contributed by atoms with E-state index < -0.39 is 52.9 Å². The molecule has 2 aromatic carbocycles. The van der Waals surface area contributed by atoms with E-state index in [1.165, 1.54) is 24.3 Å². The summed E-state index contributed by atoms with van der Waals surface area (Å²) in [6.07, 6.45) is -4.57. The van der Waals surface area contributed by atoms with Crippen LogP contribution in [0.25, 0.3) is 0 Å². The van der Waals surface area contributed by atoms with Crippen molar-refractivity contribution in [3.05, 3.63) is 94.3 Å². The van der Waals surface area contributed by atoms with Crippen LogP contribution in [0.3, 0.4) is 0 Å². The van der Waals surface area contributed by atoms with Gasteiger partial charge in [-0.05, 0) is 54.1 Å². The molecule has 1 atom stereocenters. The van der Waals surface area contributed by atoms with Gasteiger partial charge in [0.2, 0.25) is 0 Å². The first-order valence-corrected chi connectivity index (χ1v) is 10.2. The summed E-state index contributed by atoms with van der Waals surface area (Å²) in [7, 11) is 1.03. The van der Waals surface area contributed by atoms with E-state index in [2.05, 4.69) is 20.4 Å². The quantitative estimate of drug-likeness (QED) is 0.329. The number of nitrogens with zero attached hydrogens (tertiary/aromatic N) is 1. The lowest BCUT2D eigenvalue weighted by molar-refractivity contribution is -0.142. The third-order valence-electron chi connectivity index (χ3n) is 4.93. The number of benzene rings is 2. The van der Waals surface area contributed by atoms with Crippen molar-refractivity contribution in [1.82, 2.24) is 10.3 Å². The number of carbonyl (C=O) groups excluding carboxylic acids is 2. The monoisotopic (exact) mass is 513 g/mol. The normalized spacial score (nSPS) is 13.0. The molecule has 0 saturated carbocycles. The van der Waals surface area contributed by atoms with Crippen LogP contribution in [0.1, 0.15) is 23.2 Å². The third kappa shape index (κ3) is 6.24. The van der Waals surface area contributed by atoms with Crippen molar-refractivity contribution in [3.8, 4) is 0 Å². The first-order chi connectivity index (χ1) is 16.4. The number of rotatable bonds is 6. The van der Waals surface area contributed by atoms with Crippen LogP contribution < -0.4 is 10.6 Å². The Bertz CT molecular complexity index is 1240. The van der Waals surface area contributed by atoms with Crippen molar-refractivity contribution < 1.29 is 36.3 Å². The summed E-state index contributed by atoms with van der Waals surface area (Å²) in [5, 5.41) is 4.89. The Morgan fingerprint density at radius 1 is 1.00 bits per heavy atom. The van der Waals surface area contributed by atoms with Crippen LogP contribution in [0, 0.1) is 11.6 Å². The number of esters is 1. The van der Waals surface area contributed by atoms with Gasteiger partial charge in [-0.1, -0.05) is 17.7 Å². The second kappa shape index (κ2) is 10.3. The number of alkyl halides is 3. The van der Waals surface area contributed by atoms with Crippen LogP contribution in [-0.4, -0.2) is 24.1 Å². The molecule has 184 valence electrons. The van der Waals surface area contributed by atoms with Crippen molar-refractivity contribution in [2.45, 2.75) is 18.1 Å². The van der Waals surface area contributed by atoms with E-state index in [-0.39, 0.29) is 22.5 Å². The molecule has 1 heterocycles. The van der Waals surface area contributed by atoms with Crippen molar-refractivity contribution in [2.24, 2.45) is 0 Å². The van der Waals surface area contributed by atoms with E-state index in [1.807, 2.05) is 0 Å². The van der Waals surface area contributed by atoms with E-state index in [1.54, 1.807) is 0 Å².